The molecule has 9 heteroatoms. The van der Waals surface area contributed by atoms with Crippen LogP contribution in [0.1, 0.15) is 13.8 Å². The molecule has 23 heavy (non-hydrogen) atoms. The van der Waals surface area contributed by atoms with Crippen LogP contribution in [-0.4, -0.2) is 98.0 Å². The maximum absolute atomic E-state index is 7.75. The van der Waals surface area contributed by atoms with Crippen molar-refractivity contribution in [2.24, 2.45) is 0 Å². The van der Waals surface area contributed by atoms with Gasteiger partial charge in [0.05, 0.1) is 0 Å². The van der Waals surface area contributed by atoms with Gasteiger partial charge in [0, 0.05) is 58.8 Å². The minimum atomic E-state index is 0. The zero-order chi connectivity index (χ0) is 18.0. The monoisotopic (exact) mass is 372 g/mol. The van der Waals surface area contributed by atoms with Gasteiger partial charge in [-0.05, 0) is 13.8 Å². The first-order chi connectivity index (χ1) is 10.3. The molecule has 0 amide bonds. The van der Waals surface area contributed by atoms with Crippen LogP contribution in [0.4, 0.5) is 0 Å². The Hall–Kier alpha value is -0.666. The Balaban J connectivity index is -0.000000276. The summed E-state index contributed by atoms with van der Waals surface area (Å²) in [6, 6.07) is 0. The molecule has 0 radical (unpaired) electrons. The van der Waals surface area contributed by atoms with Gasteiger partial charge in [0.15, 0.2) is 0 Å². The Morgan fingerprint density at radius 1 is 0.652 bits per heavy atom. The summed E-state index contributed by atoms with van der Waals surface area (Å²) in [5.74, 6) is 0. The molecule has 0 N–H and O–H groups in total. The van der Waals surface area contributed by atoms with Gasteiger partial charge in [0.1, 0.15) is 12.3 Å². The summed E-state index contributed by atoms with van der Waals surface area (Å²) in [7, 11) is 12.4. The van der Waals surface area contributed by atoms with Crippen LogP contribution in [0.5, 0.6) is 0 Å². The fourth-order valence-electron chi connectivity index (χ4n) is 1.94. The zero-order valence-corrected chi connectivity index (χ0v) is 16.3. The van der Waals surface area contributed by atoms with E-state index in [1.807, 2.05) is 14.1 Å². The van der Waals surface area contributed by atoms with E-state index in [-0.39, 0.29) is 16.5 Å². The van der Waals surface area contributed by atoms with Gasteiger partial charge in [-0.3, -0.25) is 13.6 Å². The predicted molar refractivity (Wildman–Crippen MR) is 87.6 cm³/mol. The molecule has 2 rings (SSSR count). The molecule has 2 unspecified atom stereocenters. The van der Waals surface area contributed by atoms with Crippen LogP contribution < -0.4 is 0 Å². The first kappa shape index (κ1) is 27.2. The smallest absolute Gasteiger partial charge is 0.260 e. The summed E-state index contributed by atoms with van der Waals surface area (Å²) in [4.78, 5) is 19.8. The second-order valence-electron chi connectivity index (χ2n) is 5.12. The van der Waals surface area contributed by atoms with E-state index in [1.54, 1.807) is 0 Å². The Kier molecular flexibility index (Phi) is 16.2. The Bertz CT molecular complexity index is 250. The normalized spacial score (nSPS) is 26.3. The SMILES string of the molecule is CC1N(C)[CH+]N(C)N1C.CC1N(C)[CH+]N(C)N1C.[CH-]=O.[CH-]=O.[Ni]. The number of nitrogens with zero attached hydrogens (tertiary/aromatic N) is 6. The van der Waals surface area contributed by atoms with Gasteiger partial charge in [-0.15, -0.1) is 9.80 Å². The van der Waals surface area contributed by atoms with Gasteiger partial charge in [-0.25, -0.2) is 0 Å². The van der Waals surface area contributed by atoms with Gasteiger partial charge in [-0.2, -0.15) is 10.0 Å². The molecule has 0 aromatic carbocycles. The third-order valence-electron chi connectivity index (χ3n) is 3.95. The third kappa shape index (κ3) is 8.12. The van der Waals surface area contributed by atoms with Gasteiger partial charge in [0.25, 0.3) is 13.3 Å². The maximum atomic E-state index is 7.75. The van der Waals surface area contributed by atoms with E-state index < -0.39 is 0 Å². The zero-order valence-electron chi connectivity index (χ0n) is 15.3. The van der Waals surface area contributed by atoms with Gasteiger partial charge < -0.3 is 9.59 Å². The minimum absolute atomic E-state index is 0. The molecule has 2 fully saturated rings. The van der Waals surface area contributed by atoms with Crippen molar-refractivity contribution >= 4 is 13.6 Å². The predicted octanol–water partition coefficient (Wildman–Crippen LogP) is -0.199. The van der Waals surface area contributed by atoms with E-state index >= 15 is 0 Å². The Labute approximate surface area is 151 Å². The number of hydrogen-bond acceptors (Lipinski definition) is 8. The molecule has 138 valence electrons. The van der Waals surface area contributed by atoms with Crippen molar-refractivity contribution in [1.29, 1.82) is 0 Å². The summed E-state index contributed by atoms with van der Waals surface area (Å²) < 4.78 is 0. The Morgan fingerprint density at radius 2 is 0.870 bits per heavy atom. The molecule has 2 heterocycles. The van der Waals surface area contributed by atoms with Crippen LogP contribution in [0, 0.1) is 13.3 Å². The number of carbonyl (C=O) groups excluding carboxylic acids is 2. The molecule has 0 aliphatic carbocycles. The van der Waals surface area contributed by atoms with Crippen molar-refractivity contribution in [3.8, 4) is 0 Å². The fourth-order valence-corrected chi connectivity index (χ4v) is 1.94. The standard InChI is InChI=1S/2C6H14N3.2CHO.Ni/c2*1-6-7(2)5-8(3)9(6)4;2*1-2;/h2*5-6H,1-4H3;2*1H;/q2*+1;2*-1;. The van der Waals surface area contributed by atoms with Crippen molar-refractivity contribution < 1.29 is 26.1 Å². The summed E-state index contributed by atoms with van der Waals surface area (Å²) in [5, 5.41) is 8.48. The Morgan fingerprint density at radius 3 is 0.913 bits per heavy atom. The summed E-state index contributed by atoms with van der Waals surface area (Å²) >= 11 is 0. The van der Waals surface area contributed by atoms with Crippen LogP contribution in [0.25, 0.3) is 0 Å². The van der Waals surface area contributed by atoms with Crippen LogP contribution >= 0.6 is 0 Å². The van der Waals surface area contributed by atoms with Crippen molar-refractivity contribution in [1.82, 2.24) is 29.8 Å². The summed E-state index contributed by atoms with van der Waals surface area (Å²) in [6.07, 6.45) is 0.991. The van der Waals surface area contributed by atoms with E-state index in [9.17, 15) is 0 Å². The van der Waals surface area contributed by atoms with Crippen molar-refractivity contribution in [3.05, 3.63) is 13.3 Å². The van der Waals surface area contributed by atoms with Gasteiger partial charge in [0.2, 0.25) is 0 Å². The van der Waals surface area contributed by atoms with Crippen LogP contribution in [-0.2, 0) is 26.1 Å². The minimum Gasteiger partial charge on any atom is -0.545 e. The first-order valence-electron chi connectivity index (χ1n) is 6.77. The van der Waals surface area contributed by atoms with Gasteiger partial charge in [-0.1, -0.05) is 10.0 Å². The van der Waals surface area contributed by atoms with Crippen LogP contribution in [0.3, 0.4) is 0 Å². The van der Waals surface area contributed by atoms with Crippen LogP contribution in [0.15, 0.2) is 0 Å². The molecule has 0 aromatic heterocycles. The van der Waals surface area contributed by atoms with E-state index in [2.05, 4.69) is 98.8 Å². The largest absolute Gasteiger partial charge is 0.545 e. The molecule has 0 bridgehead atoms. The number of hydrogen-bond donors (Lipinski definition) is 0. The van der Waals surface area contributed by atoms with Crippen molar-refractivity contribution in [2.45, 2.75) is 26.2 Å². The molecule has 2 aliphatic heterocycles. The molecule has 2 saturated heterocycles. The van der Waals surface area contributed by atoms with E-state index in [0.717, 1.165) is 0 Å². The average Bonchev–Trinajstić information content (AvgIpc) is 2.88. The van der Waals surface area contributed by atoms with E-state index in [1.165, 1.54) is 0 Å². The number of hydrazine groups is 2. The molecule has 2 atom stereocenters. The molecule has 0 saturated carbocycles. The molecule has 0 spiro atoms. The second-order valence-corrected chi connectivity index (χ2v) is 5.12. The van der Waals surface area contributed by atoms with Crippen molar-refractivity contribution in [3.63, 3.8) is 0 Å². The summed E-state index contributed by atoms with van der Waals surface area (Å²) in [6.45, 7) is 15.0. The average molecular weight is 373 g/mol. The molecular weight excluding hydrogens is 343 g/mol. The molecular formula is C14H30N6NiO2. The van der Waals surface area contributed by atoms with Gasteiger partial charge >= 0.3 is 0 Å². The van der Waals surface area contributed by atoms with E-state index in [0.29, 0.717) is 12.3 Å². The fraction of sp³-hybridized carbons (Fsp3) is 0.714. The summed E-state index contributed by atoms with van der Waals surface area (Å²) in [5.41, 5.74) is 0. The number of rotatable bonds is 0. The van der Waals surface area contributed by atoms with E-state index in [4.69, 9.17) is 9.59 Å². The third-order valence-corrected chi connectivity index (χ3v) is 3.95. The van der Waals surface area contributed by atoms with Crippen molar-refractivity contribution in [2.75, 3.05) is 42.3 Å². The topological polar surface area (TPSA) is 53.6 Å². The second kappa shape index (κ2) is 13.7. The first-order valence-corrected chi connectivity index (χ1v) is 6.77. The maximum Gasteiger partial charge on any atom is 0.260 e. The molecule has 2 aliphatic rings. The molecule has 0 aromatic rings. The molecule has 8 nitrogen and oxygen atoms in total. The quantitative estimate of drug-likeness (QED) is 0.329. The van der Waals surface area contributed by atoms with Crippen LogP contribution in [0.2, 0.25) is 0 Å².